The largest absolute Gasteiger partial charge is 0.497 e. The fraction of sp³-hybridized carbons (Fsp3) is 0.120. The third-order valence-corrected chi connectivity index (χ3v) is 6.26. The molecule has 0 radical (unpaired) electrons. The maximum atomic E-state index is 12.7. The molecule has 5 rings (SSSR count). The molecule has 0 unspecified atom stereocenters. The molecule has 0 bridgehead atoms. The second kappa shape index (κ2) is 9.43. The first-order chi connectivity index (χ1) is 17.1. The van der Waals surface area contributed by atoms with Gasteiger partial charge in [0.25, 0.3) is 11.5 Å². The number of hydrogen-bond acceptors (Lipinski definition) is 8. The highest BCUT2D eigenvalue weighted by atomic mass is 32.1. The van der Waals surface area contributed by atoms with Crippen LogP contribution in [0.25, 0.3) is 15.9 Å². The molecular weight excluding hydrogens is 466 g/mol. The molecule has 1 amide bonds. The lowest BCUT2D eigenvalue weighted by atomic mass is 10.1. The Labute approximate surface area is 204 Å². The van der Waals surface area contributed by atoms with E-state index in [0.29, 0.717) is 44.6 Å². The number of hydrogen-bond donors (Lipinski definition) is 2. The lowest BCUT2D eigenvalue weighted by Crippen LogP contribution is -2.23. The van der Waals surface area contributed by atoms with Crippen molar-refractivity contribution < 1.29 is 14.3 Å². The average molecular weight is 488 g/mol. The van der Waals surface area contributed by atoms with Gasteiger partial charge in [0, 0.05) is 29.4 Å². The van der Waals surface area contributed by atoms with Crippen LogP contribution < -0.4 is 25.7 Å². The van der Waals surface area contributed by atoms with Crippen LogP contribution in [0.3, 0.4) is 0 Å². The Morgan fingerprint density at radius 3 is 2.60 bits per heavy atom. The Morgan fingerprint density at radius 1 is 1.03 bits per heavy atom. The van der Waals surface area contributed by atoms with E-state index in [1.54, 1.807) is 62.8 Å². The fourth-order valence-electron chi connectivity index (χ4n) is 3.61. The molecule has 2 aromatic heterocycles. The quantitative estimate of drug-likeness (QED) is 0.357. The highest BCUT2D eigenvalue weighted by molar-refractivity contribution is 7.20. The van der Waals surface area contributed by atoms with Gasteiger partial charge in [0.15, 0.2) is 0 Å². The summed E-state index contributed by atoms with van der Waals surface area (Å²) in [5.41, 5.74) is 2.50. The highest BCUT2D eigenvalue weighted by Crippen LogP contribution is 2.25. The summed E-state index contributed by atoms with van der Waals surface area (Å²) in [5, 5.41) is 11.5. The third kappa shape index (κ3) is 4.51. The van der Waals surface area contributed by atoms with Crippen molar-refractivity contribution in [1.82, 2.24) is 19.9 Å². The molecule has 9 nitrogen and oxygen atoms in total. The van der Waals surface area contributed by atoms with Crippen molar-refractivity contribution in [1.29, 1.82) is 0 Å². The zero-order chi connectivity index (χ0) is 24.4. The van der Waals surface area contributed by atoms with E-state index >= 15 is 0 Å². The van der Waals surface area contributed by atoms with Gasteiger partial charge in [-0.25, -0.2) is 4.98 Å². The molecule has 3 aromatic carbocycles. The number of nitrogens with zero attached hydrogens (tertiary/aromatic N) is 3. The molecule has 2 heterocycles. The first-order valence-corrected chi connectivity index (χ1v) is 11.5. The SMILES string of the molecule is COc1ccc(CNC(=O)c2ccc(Nc3nn4c(=O)c5ccccc5nc4s3)cc2)c(OC)c1. The van der Waals surface area contributed by atoms with Gasteiger partial charge >= 0.3 is 0 Å². The highest BCUT2D eigenvalue weighted by Gasteiger charge is 2.12. The molecule has 0 aliphatic carbocycles. The molecule has 0 aliphatic heterocycles. The second-order valence-corrected chi connectivity index (χ2v) is 8.55. The summed E-state index contributed by atoms with van der Waals surface area (Å²) >= 11 is 1.27. The maximum absolute atomic E-state index is 12.7. The van der Waals surface area contributed by atoms with Gasteiger partial charge in [-0.3, -0.25) is 9.59 Å². The van der Waals surface area contributed by atoms with E-state index in [0.717, 1.165) is 11.3 Å². The lowest BCUT2D eigenvalue weighted by molar-refractivity contribution is 0.0950. The number of carbonyl (C=O) groups excluding carboxylic acids is 1. The standard InChI is InChI=1S/C25H21N5O4S/c1-33-18-12-9-16(21(13-18)34-2)14-26-22(31)15-7-10-17(11-8-15)27-24-29-30-23(32)19-5-3-4-6-20(19)28-25(30)35-24/h3-13H,14H2,1-2H3,(H,26,31)(H,27,29). The molecule has 0 saturated carbocycles. The van der Waals surface area contributed by atoms with E-state index in [1.807, 2.05) is 18.2 Å². The number of benzene rings is 3. The molecule has 0 aliphatic rings. The van der Waals surface area contributed by atoms with Crippen LogP contribution in [0.5, 0.6) is 11.5 Å². The minimum atomic E-state index is -0.213. The first kappa shape index (κ1) is 22.4. The number of nitrogens with one attached hydrogen (secondary N) is 2. The van der Waals surface area contributed by atoms with Crippen LogP contribution in [0.1, 0.15) is 15.9 Å². The van der Waals surface area contributed by atoms with E-state index in [9.17, 15) is 9.59 Å². The molecule has 0 fully saturated rings. The van der Waals surface area contributed by atoms with Crippen LogP contribution in [0.2, 0.25) is 0 Å². The normalized spacial score (nSPS) is 10.9. The Kier molecular flexibility index (Phi) is 6.02. The molecule has 2 N–H and O–H groups in total. The van der Waals surface area contributed by atoms with Crippen molar-refractivity contribution in [2.24, 2.45) is 0 Å². The number of aromatic nitrogens is 3. The number of methoxy groups -OCH3 is 2. The summed E-state index contributed by atoms with van der Waals surface area (Å²) in [7, 11) is 3.16. The Hall–Kier alpha value is -4.44. The Morgan fingerprint density at radius 2 is 1.83 bits per heavy atom. The van der Waals surface area contributed by atoms with Gasteiger partial charge in [0.05, 0.1) is 25.1 Å². The Bertz CT molecular complexity index is 1590. The van der Waals surface area contributed by atoms with Gasteiger partial charge in [-0.2, -0.15) is 4.52 Å². The lowest BCUT2D eigenvalue weighted by Gasteiger charge is -2.11. The zero-order valence-corrected chi connectivity index (χ0v) is 19.8. The fourth-order valence-corrected chi connectivity index (χ4v) is 4.43. The number of para-hydroxylation sites is 1. The van der Waals surface area contributed by atoms with E-state index in [2.05, 4.69) is 20.7 Å². The van der Waals surface area contributed by atoms with Gasteiger partial charge < -0.3 is 20.1 Å². The van der Waals surface area contributed by atoms with Crippen LogP contribution in [0, 0.1) is 0 Å². The van der Waals surface area contributed by atoms with Crippen LogP contribution >= 0.6 is 11.3 Å². The topological polar surface area (TPSA) is 107 Å². The van der Waals surface area contributed by atoms with Crippen LogP contribution in [-0.2, 0) is 6.54 Å². The predicted molar refractivity (Wildman–Crippen MR) is 135 cm³/mol. The van der Waals surface area contributed by atoms with Crippen molar-refractivity contribution in [2.45, 2.75) is 6.54 Å². The van der Waals surface area contributed by atoms with E-state index in [-0.39, 0.29) is 11.5 Å². The molecule has 176 valence electrons. The summed E-state index contributed by atoms with van der Waals surface area (Å²) in [6.07, 6.45) is 0. The molecule has 0 atom stereocenters. The predicted octanol–water partition coefficient (Wildman–Crippen LogP) is 4.00. The van der Waals surface area contributed by atoms with Gasteiger partial charge in [-0.1, -0.05) is 23.5 Å². The minimum Gasteiger partial charge on any atom is -0.497 e. The molecule has 5 aromatic rings. The summed E-state index contributed by atoms with van der Waals surface area (Å²) in [4.78, 5) is 30.3. The summed E-state index contributed by atoms with van der Waals surface area (Å²) in [6.45, 7) is 0.313. The number of fused-ring (bicyclic) bond motifs is 2. The van der Waals surface area contributed by atoms with Crippen LogP contribution in [0.15, 0.2) is 71.5 Å². The van der Waals surface area contributed by atoms with Gasteiger partial charge in [-0.15, -0.1) is 5.10 Å². The van der Waals surface area contributed by atoms with Gasteiger partial charge in [0.1, 0.15) is 11.5 Å². The number of rotatable bonds is 7. The van der Waals surface area contributed by atoms with E-state index in [1.165, 1.54) is 15.9 Å². The van der Waals surface area contributed by atoms with E-state index in [4.69, 9.17) is 9.47 Å². The molecule has 10 heteroatoms. The maximum Gasteiger partial charge on any atom is 0.283 e. The van der Waals surface area contributed by atoms with Crippen LogP contribution in [0.4, 0.5) is 10.8 Å². The van der Waals surface area contributed by atoms with Crippen molar-refractivity contribution >= 4 is 43.9 Å². The third-order valence-electron chi connectivity index (χ3n) is 5.43. The summed E-state index contributed by atoms with van der Waals surface area (Å²) in [5.74, 6) is 1.11. The second-order valence-electron chi connectivity index (χ2n) is 7.60. The van der Waals surface area contributed by atoms with Gasteiger partial charge in [0.2, 0.25) is 10.1 Å². The smallest absolute Gasteiger partial charge is 0.283 e. The number of carbonyl (C=O) groups is 1. The molecule has 0 spiro atoms. The minimum absolute atomic E-state index is 0.211. The summed E-state index contributed by atoms with van der Waals surface area (Å²) < 4.78 is 11.9. The van der Waals surface area contributed by atoms with Crippen LogP contribution in [-0.4, -0.2) is 34.7 Å². The Balaban J connectivity index is 1.28. The molecule has 35 heavy (non-hydrogen) atoms. The molecular formula is C25H21N5O4S. The van der Waals surface area contributed by atoms with Crippen molar-refractivity contribution in [3.8, 4) is 11.5 Å². The van der Waals surface area contributed by atoms with Crippen molar-refractivity contribution in [3.63, 3.8) is 0 Å². The average Bonchev–Trinajstić information content (AvgIpc) is 3.30. The van der Waals surface area contributed by atoms with Gasteiger partial charge in [-0.05, 0) is 48.5 Å². The number of ether oxygens (including phenoxy) is 2. The van der Waals surface area contributed by atoms with E-state index < -0.39 is 0 Å². The zero-order valence-electron chi connectivity index (χ0n) is 18.9. The molecule has 0 saturated heterocycles. The number of anilines is 2. The van der Waals surface area contributed by atoms with Crippen molar-refractivity contribution in [3.05, 3.63) is 88.2 Å². The first-order valence-electron chi connectivity index (χ1n) is 10.7. The van der Waals surface area contributed by atoms with Crippen molar-refractivity contribution in [2.75, 3.05) is 19.5 Å². The monoisotopic (exact) mass is 487 g/mol. The number of amides is 1. The summed E-state index contributed by atoms with van der Waals surface area (Å²) in [6, 6.07) is 19.6.